The van der Waals surface area contributed by atoms with Gasteiger partial charge in [0.25, 0.3) is 0 Å². The monoisotopic (exact) mass is 1430 g/mol. The van der Waals surface area contributed by atoms with E-state index in [-0.39, 0.29) is 11.9 Å². The Morgan fingerprint density at radius 2 is 0.642 bits per heavy atom. The Morgan fingerprint density at radius 3 is 0.916 bits per heavy atom. The third kappa shape index (κ3) is 20.3. The van der Waals surface area contributed by atoms with Gasteiger partial charge in [0.05, 0.1) is 36.3 Å². The molecule has 95 heavy (non-hydrogen) atoms. The highest BCUT2D eigenvalue weighted by atomic mass is 32.2. The van der Waals surface area contributed by atoms with Gasteiger partial charge >= 0.3 is 0 Å². The summed E-state index contributed by atoms with van der Waals surface area (Å²) in [7, 11) is 0. The van der Waals surface area contributed by atoms with Crippen molar-refractivity contribution in [3.05, 3.63) is 35.9 Å². The van der Waals surface area contributed by atoms with Crippen LogP contribution < -0.4 is 43.0 Å². The quantitative estimate of drug-likeness (QED) is 0.0542. The molecule has 0 aromatic heterocycles. The molecule has 0 radical (unpaired) electrons. The fourth-order valence-electron chi connectivity index (χ4n) is 14.7. The number of hydrogen-bond acceptors (Lipinski definition) is 27. The minimum atomic E-state index is -0.646. The van der Waals surface area contributed by atoms with Crippen LogP contribution in [0.3, 0.4) is 0 Å². The molecule has 12 heterocycles. The number of thioether (sulfide) groups is 7. The van der Waals surface area contributed by atoms with Gasteiger partial charge in [0.1, 0.15) is 6.04 Å². The van der Waals surface area contributed by atoms with Crippen LogP contribution in [-0.2, 0) is 15.3 Å². The van der Waals surface area contributed by atoms with Crippen LogP contribution in [0.2, 0.25) is 0 Å². The van der Waals surface area contributed by atoms with Crippen LogP contribution in [0.25, 0.3) is 0 Å². The minimum absolute atomic E-state index is 0.239. The summed E-state index contributed by atoms with van der Waals surface area (Å²) in [6.07, 6.45) is 13.7. The van der Waals surface area contributed by atoms with Crippen molar-refractivity contribution in [3.63, 3.8) is 0 Å². The molecular weight excluding hydrogens is 1330 g/mol. The number of amides is 2. The van der Waals surface area contributed by atoms with E-state index in [9.17, 15) is 9.59 Å². The van der Waals surface area contributed by atoms with Crippen molar-refractivity contribution < 1.29 is 9.59 Å². The number of carbonyl (C=O) groups excluding carboxylic acids is 2. The Kier molecular flexibility index (Phi) is 25.7. The molecule has 1 aromatic rings. The number of aliphatic imine (C=N–C) groups is 6. The Hall–Kier alpha value is -3.77. The minimum Gasteiger partial charge on any atom is -0.368 e. The van der Waals surface area contributed by atoms with Crippen molar-refractivity contribution >= 4 is 130 Å². The zero-order valence-electron chi connectivity index (χ0n) is 55.9. The average molecular weight is 1440 g/mol. The van der Waals surface area contributed by atoms with Crippen LogP contribution in [0, 0.1) is 0 Å². The molecule has 13 rings (SSSR count). The first kappa shape index (κ1) is 69.7. The molecule has 9 N–H and O–H groups in total. The van der Waals surface area contributed by atoms with Gasteiger partial charge in [-0.05, 0) is 82.6 Å². The van der Waals surface area contributed by atoms with Gasteiger partial charge in [-0.2, -0.15) is 82.3 Å². The largest absolute Gasteiger partial charge is 0.368 e. The van der Waals surface area contributed by atoms with Crippen molar-refractivity contribution in [2.75, 3.05) is 153 Å². The Morgan fingerprint density at radius 1 is 0.389 bits per heavy atom. The molecule has 524 valence electrons. The van der Waals surface area contributed by atoms with Crippen molar-refractivity contribution in [3.8, 4) is 0 Å². The number of rotatable bonds is 30. The van der Waals surface area contributed by atoms with Crippen LogP contribution in [0.4, 0.5) is 0 Å². The van der Waals surface area contributed by atoms with E-state index in [2.05, 4.69) is 144 Å². The first-order chi connectivity index (χ1) is 46.6. The number of fused-ring (bicyclic) bond motifs is 6. The van der Waals surface area contributed by atoms with Gasteiger partial charge in [-0.15, -0.1) is 0 Å². The Labute approximate surface area is 595 Å². The fraction of sp³-hybridized carbons (Fsp3) is 0.788. The molecule has 6 saturated heterocycles. The Balaban J connectivity index is 0.479. The fourth-order valence-corrected chi connectivity index (χ4v) is 22.8. The summed E-state index contributed by atoms with van der Waals surface area (Å²) in [5.74, 6) is 20.2. The number of nitrogens with zero attached hydrogens (tertiary/aromatic N) is 12. The van der Waals surface area contributed by atoms with Gasteiger partial charge in [0.15, 0.2) is 35.8 Å². The summed E-state index contributed by atoms with van der Waals surface area (Å²) < 4.78 is 0. The predicted octanol–water partition coefficient (Wildman–Crippen LogP) is 4.06. The molecule has 0 unspecified atom stereocenters. The molecule has 0 bridgehead atoms. The molecule has 0 spiro atoms. The first-order valence-electron chi connectivity index (χ1n) is 35.8. The highest BCUT2D eigenvalue weighted by Crippen LogP contribution is 2.29. The van der Waals surface area contributed by atoms with Gasteiger partial charge in [-0.1, -0.05) is 30.3 Å². The molecule has 12 aliphatic heterocycles. The van der Waals surface area contributed by atoms with Gasteiger partial charge in [0.2, 0.25) is 11.8 Å². The van der Waals surface area contributed by atoms with Crippen LogP contribution in [0.5, 0.6) is 0 Å². The van der Waals surface area contributed by atoms with E-state index in [0.717, 1.165) is 247 Å². The number of benzene rings is 1. The van der Waals surface area contributed by atoms with Crippen molar-refractivity contribution in [2.24, 2.45) is 35.7 Å². The van der Waals surface area contributed by atoms with E-state index in [4.69, 9.17) is 35.7 Å². The van der Waals surface area contributed by atoms with E-state index in [1.807, 2.05) is 23.5 Å². The SMILES string of the molecule is CC(=O)N[C@@H](CSC[C@H]1CCN2CC[C@H](CSC[C@H]3CCN4CC[C@H](CSC[C@H]5CCN6CC[C@H](CSC[C@H]7CCN8CC[C@H](CSC[C@H]9CCN%10CC[C@H](CSC[C@H]%11CCN%12CC[C@H](CSCc%13ccccc%13)NC%12=N%11)NC%10=N9)NC8=N7)N=C6N5)N=C4N3)N=C2N1)C(N)=O. The maximum atomic E-state index is 11.8. The molecular formula is C66H106N20O2S7. The van der Waals surface area contributed by atoms with E-state index < -0.39 is 11.9 Å². The average Bonchev–Trinajstić information content (AvgIpc) is 1.04. The second-order valence-electron chi connectivity index (χ2n) is 28.0. The molecule has 0 aliphatic carbocycles. The van der Waals surface area contributed by atoms with Gasteiger partial charge in [-0.3, -0.25) is 9.59 Å². The van der Waals surface area contributed by atoms with Crippen LogP contribution in [0.1, 0.15) is 89.5 Å². The highest BCUT2D eigenvalue weighted by molar-refractivity contribution is 8.00. The topological polar surface area (TPSA) is 238 Å². The summed E-state index contributed by atoms with van der Waals surface area (Å²) in [4.78, 5) is 69.8. The van der Waals surface area contributed by atoms with Gasteiger partial charge in [-0.25, -0.2) is 30.0 Å². The molecule has 22 nitrogen and oxygen atoms in total. The van der Waals surface area contributed by atoms with Crippen LogP contribution >= 0.6 is 82.3 Å². The number of nitrogens with two attached hydrogens (primary N) is 1. The summed E-state index contributed by atoms with van der Waals surface area (Å²) in [5.41, 5.74) is 6.92. The van der Waals surface area contributed by atoms with Gasteiger partial charge < -0.3 is 72.4 Å². The number of hydrogen-bond donors (Lipinski definition) is 8. The lowest BCUT2D eigenvalue weighted by Crippen LogP contribution is -2.57. The van der Waals surface area contributed by atoms with E-state index in [0.29, 0.717) is 72.2 Å². The number of nitrogens with one attached hydrogen (secondary N) is 7. The van der Waals surface area contributed by atoms with Crippen molar-refractivity contribution in [2.45, 2.75) is 168 Å². The molecule has 1 aromatic carbocycles. The third-order valence-corrected chi connectivity index (χ3v) is 29.1. The molecule has 13 atom stereocenters. The van der Waals surface area contributed by atoms with Crippen molar-refractivity contribution in [1.82, 2.24) is 66.6 Å². The summed E-state index contributed by atoms with van der Waals surface area (Å²) in [5, 5.41) is 25.7. The number of primary amides is 1. The smallest absolute Gasteiger partial charge is 0.240 e. The third-order valence-electron chi connectivity index (χ3n) is 20.4. The van der Waals surface area contributed by atoms with E-state index >= 15 is 0 Å². The molecule has 6 fully saturated rings. The zero-order valence-corrected chi connectivity index (χ0v) is 61.6. The normalized spacial score (nSPS) is 30.7. The lowest BCUT2D eigenvalue weighted by Gasteiger charge is -2.41. The maximum absolute atomic E-state index is 11.8. The number of guanidine groups is 6. The first-order valence-corrected chi connectivity index (χ1v) is 43.9. The van der Waals surface area contributed by atoms with Crippen molar-refractivity contribution in [1.29, 1.82) is 0 Å². The van der Waals surface area contributed by atoms with E-state index in [1.165, 1.54) is 31.7 Å². The van der Waals surface area contributed by atoms with Crippen LogP contribution in [-0.4, -0.2) is 309 Å². The molecule has 29 heteroatoms. The predicted molar refractivity (Wildman–Crippen MR) is 407 cm³/mol. The summed E-state index contributed by atoms with van der Waals surface area (Å²) in [6.45, 7) is 14.5. The molecule has 2 amide bonds. The molecule has 0 saturated carbocycles. The molecule has 12 aliphatic rings. The zero-order chi connectivity index (χ0) is 64.7. The Bertz CT molecular complexity index is 2880. The van der Waals surface area contributed by atoms with Gasteiger partial charge in [0, 0.05) is 202 Å². The standard InChI is InChI=1S/C66H106N20O2S7/c1-45(87)68-59(60(67)88)44-95-43-58-18-30-86-29-17-57(79-66(86)80-58)42-94-41-56-16-28-85-27-15-55(77-65(85)78-56)40-93-39-54-14-26-84-25-13-53(75-64(84)76-54)38-92-37-52-12-24-83-23-11-51(73-63(83)74-52)36-91-35-50-10-22-82-21-9-49(71-62(82)72-50)34-90-33-48-8-20-81-19-7-47(69-61(81)70-48)32-89-31-46-5-3-2-4-6-46/h2-6,47-59H,7-44H2,1H3,(H2,67,88)(H,68,87)(H,69,70)(H,71,72)(H,73,74)(H,75,76)(H,77,78)(H,79,80)/t47-,48-,49-,50-,51-,52-,53-,54-,55-,56-,57-,58-,59+/m1/s1. The second kappa shape index (κ2) is 35.0. The second-order valence-corrected chi connectivity index (χ2v) is 35.4. The van der Waals surface area contributed by atoms with Crippen LogP contribution in [0.15, 0.2) is 60.3 Å². The lowest BCUT2D eigenvalue weighted by molar-refractivity contribution is -0.125. The summed E-state index contributed by atoms with van der Waals surface area (Å²) >= 11 is 14.0. The lowest BCUT2D eigenvalue weighted by atomic mass is 10.1. The summed E-state index contributed by atoms with van der Waals surface area (Å²) in [6, 6.07) is 14.9. The number of carbonyl (C=O) groups is 2. The maximum Gasteiger partial charge on any atom is 0.240 e. The highest BCUT2D eigenvalue weighted by Gasteiger charge is 2.36. The van der Waals surface area contributed by atoms with E-state index in [1.54, 1.807) is 11.8 Å².